The molecule has 0 aliphatic rings. The molecule has 0 aliphatic heterocycles. The largest absolute Gasteiger partial charge is 0.501 e. The zero-order chi connectivity index (χ0) is 23.2. The minimum Gasteiger partial charge on any atom is -0.501 e. The molecule has 0 saturated heterocycles. The van der Waals surface area contributed by atoms with Crippen LogP contribution in [-0.2, 0) is 12.1 Å². The summed E-state index contributed by atoms with van der Waals surface area (Å²) in [5.41, 5.74) is -0.691. The van der Waals surface area contributed by atoms with Gasteiger partial charge in [-0.15, -0.1) is 0 Å². The molecule has 31 heavy (non-hydrogen) atoms. The zero-order valence-corrected chi connectivity index (χ0v) is 18.3. The second kappa shape index (κ2) is 10.1. The minimum atomic E-state index is -1.06. The van der Waals surface area contributed by atoms with Gasteiger partial charge in [-0.1, -0.05) is 12.1 Å². The van der Waals surface area contributed by atoms with Crippen LogP contribution < -0.4 is 15.4 Å². The van der Waals surface area contributed by atoms with E-state index < -0.39 is 17.2 Å². The number of nitrogens with zero attached hydrogens (tertiary/aromatic N) is 3. The van der Waals surface area contributed by atoms with Gasteiger partial charge in [0.1, 0.15) is 5.82 Å². The maximum atomic E-state index is 13.0. The number of rotatable bonds is 8. The van der Waals surface area contributed by atoms with Crippen molar-refractivity contribution in [3.8, 4) is 11.6 Å². The number of carbonyl (C=O) groups excluding carboxylic acids is 2. The number of nitrogens with one attached hydrogen (secondary N) is 2. The normalized spacial score (nSPS) is 11.0. The van der Waals surface area contributed by atoms with Crippen molar-refractivity contribution in [2.45, 2.75) is 39.8 Å². The fourth-order valence-corrected chi connectivity index (χ4v) is 2.80. The first-order valence-electron chi connectivity index (χ1n) is 9.88. The molecule has 0 saturated carbocycles. The first kappa shape index (κ1) is 23.8. The van der Waals surface area contributed by atoms with Crippen molar-refractivity contribution in [1.29, 1.82) is 0 Å². The maximum absolute atomic E-state index is 13.0. The predicted octanol–water partition coefficient (Wildman–Crippen LogP) is 2.55. The standard InChI is InChI=1S/C21H28FN5O4/c1-6-27(7-2)20(30)26-21(3,4)19-24-15(16(28)18(25-19)31-5)17(29)23-12-13-8-10-14(22)11-9-13/h8-11,28H,6-7,12H2,1-5H3,(H,23,29)(H,26,30). The molecule has 10 heteroatoms. The van der Waals surface area contributed by atoms with Gasteiger partial charge in [0.05, 0.1) is 12.6 Å². The fraction of sp³-hybridized carbons (Fsp3) is 0.429. The summed E-state index contributed by atoms with van der Waals surface area (Å²) in [4.78, 5) is 35.1. The molecular formula is C21H28FN5O4. The van der Waals surface area contributed by atoms with Crippen LogP contribution in [0.15, 0.2) is 24.3 Å². The predicted molar refractivity (Wildman–Crippen MR) is 112 cm³/mol. The van der Waals surface area contributed by atoms with Crippen LogP contribution in [0.3, 0.4) is 0 Å². The van der Waals surface area contributed by atoms with Crippen molar-refractivity contribution in [1.82, 2.24) is 25.5 Å². The number of benzene rings is 1. The Labute approximate surface area is 180 Å². The molecule has 0 unspecified atom stereocenters. The first-order chi connectivity index (χ1) is 14.6. The number of halogens is 1. The molecule has 0 radical (unpaired) electrons. The number of carbonyl (C=O) groups is 2. The topological polar surface area (TPSA) is 117 Å². The van der Waals surface area contributed by atoms with Crippen LogP contribution in [0.25, 0.3) is 0 Å². The molecule has 2 rings (SSSR count). The summed E-state index contributed by atoms with van der Waals surface area (Å²) in [5, 5.41) is 15.8. The van der Waals surface area contributed by atoms with E-state index in [0.717, 1.165) is 0 Å². The second-order valence-corrected chi connectivity index (χ2v) is 7.29. The quantitative estimate of drug-likeness (QED) is 0.589. The van der Waals surface area contributed by atoms with Crippen molar-refractivity contribution in [3.05, 3.63) is 47.2 Å². The van der Waals surface area contributed by atoms with Crippen molar-refractivity contribution in [2.75, 3.05) is 20.2 Å². The van der Waals surface area contributed by atoms with E-state index in [4.69, 9.17) is 4.74 Å². The van der Waals surface area contributed by atoms with E-state index in [0.29, 0.717) is 18.7 Å². The fourth-order valence-electron chi connectivity index (χ4n) is 2.80. The highest BCUT2D eigenvalue weighted by Gasteiger charge is 2.31. The van der Waals surface area contributed by atoms with Gasteiger partial charge in [-0.25, -0.2) is 14.2 Å². The van der Waals surface area contributed by atoms with Gasteiger partial charge in [-0.05, 0) is 45.4 Å². The first-order valence-corrected chi connectivity index (χ1v) is 9.88. The van der Waals surface area contributed by atoms with Crippen LogP contribution in [0.4, 0.5) is 9.18 Å². The lowest BCUT2D eigenvalue weighted by molar-refractivity contribution is 0.0941. The molecule has 1 aromatic heterocycles. The molecule has 0 atom stereocenters. The summed E-state index contributed by atoms with van der Waals surface area (Å²) in [7, 11) is 1.30. The number of hydrogen-bond donors (Lipinski definition) is 3. The third kappa shape index (κ3) is 5.80. The average Bonchev–Trinajstić information content (AvgIpc) is 2.73. The van der Waals surface area contributed by atoms with Gasteiger partial charge >= 0.3 is 6.03 Å². The zero-order valence-electron chi connectivity index (χ0n) is 18.3. The Hall–Kier alpha value is -3.43. The van der Waals surface area contributed by atoms with E-state index in [-0.39, 0.29) is 35.8 Å². The number of ether oxygens (including phenoxy) is 1. The Balaban J connectivity index is 2.29. The molecule has 3 N–H and O–H groups in total. The monoisotopic (exact) mass is 433 g/mol. The molecular weight excluding hydrogens is 405 g/mol. The van der Waals surface area contributed by atoms with Crippen LogP contribution >= 0.6 is 0 Å². The number of urea groups is 1. The molecule has 2 aromatic rings. The lowest BCUT2D eigenvalue weighted by Crippen LogP contribution is -2.49. The number of hydrogen-bond acceptors (Lipinski definition) is 6. The van der Waals surface area contributed by atoms with E-state index in [1.807, 2.05) is 13.8 Å². The highest BCUT2D eigenvalue weighted by molar-refractivity contribution is 5.95. The molecule has 168 valence electrons. The summed E-state index contributed by atoms with van der Waals surface area (Å²) in [6.45, 7) is 8.23. The van der Waals surface area contributed by atoms with Crippen LogP contribution in [0.1, 0.15) is 49.6 Å². The van der Waals surface area contributed by atoms with E-state index in [1.165, 1.54) is 31.4 Å². The SMILES string of the molecule is CCN(CC)C(=O)NC(C)(C)c1nc(OC)c(O)c(C(=O)NCc2ccc(F)cc2)n1. The summed E-state index contributed by atoms with van der Waals surface area (Å²) in [6, 6.07) is 5.33. The highest BCUT2D eigenvalue weighted by Crippen LogP contribution is 2.29. The van der Waals surface area contributed by atoms with Crippen LogP contribution in [0.2, 0.25) is 0 Å². The molecule has 0 fully saturated rings. The van der Waals surface area contributed by atoms with Crippen molar-refractivity contribution in [2.24, 2.45) is 0 Å². The minimum absolute atomic E-state index is 0.0922. The number of aromatic nitrogens is 2. The summed E-state index contributed by atoms with van der Waals surface area (Å²) >= 11 is 0. The Morgan fingerprint density at radius 1 is 1.16 bits per heavy atom. The number of aromatic hydroxyl groups is 1. The third-order valence-electron chi connectivity index (χ3n) is 4.66. The molecule has 1 heterocycles. The lowest BCUT2D eigenvalue weighted by atomic mass is 10.0. The van der Waals surface area contributed by atoms with E-state index in [2.05, 4.69) is 20.6 Å². The summed E-state index contributed by atoms with van der Waals surface area (Å²) in [5.74, 6) is -1.67. The lowest BCUT2D eigenvalue weighted by Gasteiger charge is -2.29. The smallest absolute Gasteiger partial charge is 0.318 e. The Morgan fingerprint density at radius 2 is 1.77 bits per heavy atom. The van der Waals surface area contributed by atoms with Crippen molar-refractivity contribution < 1.29 is 23.8 Å². The van der Waals surface area contributed by atoms with Crippen LogP contribution in [0.5, 0.6) is 11.6 Å². The van der Waals surface area contributed by atoms with Gasteiger partial charge in [0.15, 0.2) is 11.5 Å². The highest BCUT2D eigenvalue weighted by atomic mass is 19.1. The van der Waals surface area contributed by atoms with Gasteiger partial charge in [-0.2, -0.15) is 4.98 Å². The van der Waals surface area contributed by atoms with Gasteiger partial charge in [0.25, 0.3) is 11.8 Å². The molecule has 3 amide bonds. The Bertz CT molecular complexity index is 930. The van der Waals surface area contributed by atoms with Gasteiger partial charge in [0.2, 0.25) is 5.75 Å². The maximum Gasteiger partial charge on any atom is 0.318 e. The van der Waals surface area contributed by atoms with Gasteiger partial charge < -0.3 is 25.4 Å². The second-order valence-electron chi connectivity index (χ2n) is 7.29. The number of amides is 3. The molecule has 0 spiro atoms. The van der Waals surface area contributed by atoms with Crippen molar-refractivity contribution in [3.63, 3.8) is 0 Å². The molecule has 0 bridgehead atoms. The van der Waals surface area contributed by atoms with E-state index in [1.54, 1.807) is 18.7 Å². The Kier molecular flexibility index (Phi) is 7.73. The molecule has 9 nitrogen and oxygen atoms in total. The van der Waals surface area contributed by atoms with Crippen molar-refractivity contribution >= 4 is 11.9 Å². The van der Waals surface area contributed by atoms with Crippen LogP contribution in [0, 0.1) is 5.82 Å². The third-order valence-corrected chi connectivity index (χ3v) is 4.66. The van der Waals surface area contributed by atoms with Crippen LogP contribution in [-0.4, -0.2) is 52.1 Å². The molecule has 1 aromatic carbocycles. The average molecular weight is 433 g/mol. The molecule has 0 aliphatic carbocycles. The summed E-state index contributed by atoms with van der Waals surface area (Å²) < 4.78 is 18.1. The van der Waals surface area contributed by atoms with Gasteiger partial charge in [-0.3, -0.25) is 4.79 Å². The number of methoxy groups -OCH3 is 1. The Morgan fingerprint density at radius 3 is 2.32 bits per heavy atom. The van der Waals surface area contributed by atoms with E-state index in [9.17, 15) is 19.1 Å². The van der Waals surface area contributed by atoms with E-state index >= 15 is 0 Å². The van der Waals surface area contributed by atoms with Gasteiger partial charge in [0, 0.05) is 19.6 Å². The summed E-state index contributed by atoms with van der Waals surface area (Å²) in [6.07, 6.45) is 0.